The number of methoxy groups -OCH3 is 1. The van der Waals surface area contributed by atoms with Crippen LogP contribution < -0.4 is 9.88 Å². The van der Waals surface area contributed by atoms with Gasteiger partial charge in [-0.2, -0.15) is 0 Å². The van der Waals surface area contributed by atoms with Crippen LogP contribution in [0.25, 0.3) is 11.5 Å². The van der Waals surface area contributed by atoms with Crippen molar-refractivity contribution < 1.29 is 22.4 Å². The highest BCUT2D eigenvalue weighted by Crippen LogP contribution is 2.25. The second kappa shape index (κ2) is 9.28. The third kappa shape index (κ3) is 5.38. The van der Waals surface area contributed by atoms with Gasteiger partial charge in [0.2, 0.25) is 21.8 Å². The molecule has 9 nitrogen and oxygen atoms in total. The normalized spacial score (nSPS) is 11.3. The van der Waals surface area contributed by atoms with Gasteiger partial charge < -0.3 is 14.1 Å². The van der Waals surface area contributed by atoms with Crippen molar-refractivity contribution in [2.24, 2.45) is 5.14 Å². The number of hydrogen-bond donors (Lipinski definition) is 1. The Hall–Kier alpha value is -2.89. The number of carbonyl (C=O) groups is 1. The van der Waals surface area contributed by atoms with Crippen molar-refractivity contribution in [1.82, 2.24) is 15.1 Å². The predicted molar refractivity (Wildman–Crippen MR) is 111 cm³/mol. The van der Waals surface area contributed by atoms with Gasteiger partial charge in [0.15, 0.2) is 0 Å². The first-order chi connectivity index (χ1) is 14.3. The number of nitrogens with two attached hydrogens (primary N) is 1. The molecule has 2 N–H and O–H groups in total. The molecule has 11 heteroatoms. The molecule has 1 aromatic heterocycles. The Morgan fingerprint density at radius 3 is 2.53 bits per heavy atom. The lowest BCUT2D eigenvalue weighted by molar-refractivity contribution is -0.127. The number of primary sulfonamides is 1. The van der Waals surface area contributed by atoms with Crippen molar-refractivity contribution in [2.45, 2.75) is 16.7 Å². The summed E-state index contributed by atoms with van der Waals surface area (Å²) in [5, 5.41) is 13.4. The maximum absolute atomic E-state index is 12.4. The van der Waals surface area contributed by atoms with Crippen molar-refractivity contribution in [1.29, 1.82) is 0 Å². The van der Waals surface area contributed by atoms with E-state index in [-0.39, 0.29) is 28.3 Å². The van der Waals surface area contributed by atoms with E-state index < -0.39 is 10.0 Å². The molecule has 0 bridgehead atoms. The van der Waals surface area contributed by atoms with Gasteiger partial charge >= 0.3 is 0 Å². The maximum atomic E-state index is 12.4. The molecule has 0 aliphatic carbocycles. The maximum Gasteiger partial charge on any atom is 0.277 e. The van der Waals surface area contributed by atoms with Crippen molar-refractivity contribution in [3.05, 3.63) is 54.1 Å². The Morgan fingerprint density at radius 2 is 1.87 bits per heavy atom. The number of rotatable bonds is 8. The summed E-state index contributed by atoms with van der Waals surface area (Å²) in [6, 6.07) is 13.5. The quantitative estimate of drug-likeness (QED) is 0.519. The topological polar surface area (TPSA) is 129 Å². The smallest absolute Gasteiger partial charge is 0.277 e. The fraction of sp³-hybridized carbons (Fsp3) is 0.211. The van der Waals surface area contributed by atoms with Crippen LogP contribution in [0.4, 0.5) is 0 Å². The molecule has 0 saturated carbocycles. The summed E-state index contributed by atoms with van der Waals surface area (Å²) < 4.78 is 34.1. The van der Waals surface area contributed by atoms with E-state index >= 15 is 0 Å². The number of hydrogen-bond acceptors (Lipinski definition) is 8. The van der Waals surface area contributed by atoms with Crippen molar-refractivity contribution in [2.75, 3.05) is 19.9 Å². The summed E-state index contributed by atoms with van der Waals surface area (Å²) in [5.74, 6) is 0.875. The summed E-state index contributed by atoms with van der Waals surface area (Å²) >= 11 is 1.10. The molecule has 30 heavy (non-hydrogen) atoms. The highest BCUT2D eigenvalue weighted by Gasteiger charge is 2.18. The zero-order chi connectivity index (χ0) is 21.7. The minimum Gasteiger partial charge on any atom is -0.497 e. The summed E-state index contributed by atoms with van der Waals surface area (Å²) in [6.45, 7) is 0.104. The molecule has 0 saturated heterocycles. The van der Waals surface area contributed by atoms with Gasteiger partial charge in [-0.15, -0.1) is 10.2 Å². The highest BCUT2D eigenvalue weighted by atomic mass is 32.2. The van der Waals surface area contributed by atoms with E-state index in [1.54, 1.807) is 56.6 Å². The number of nitrogens with zero attached hydrogens (tertiary/aromatic N) is 3. The lowest BCUT2D eigenvalue weighted by Gasteiger charge is -2.18. The van der Waals surface area contributed by atoms with Crippen LogP contribution in [0, 0.1) is 0 Å². The first kappa shape index (κ1) is 21.8. The van der Waals surface area contributed by atoms with E-state index in [4.69, 9.17) is 14.3 Å². The SMILES string of the molecule is COc1ccc(-c2nnc(SCC(=O)N(C)Cc3ccccc3S(N)(=O)=O)o2)cc1. The number of thioether (sulfide) groups is 1. The lowest BCUT2D eigenvalue weighted by Crippen LogP contribution is -2.29. The third-order valence-electron chi connectivity index (χ3n) is 4.17. The predicted octanol–water partition coefficient (Wildman–Crippen LogP) is 2.14. The van der Waals surface area contributed by atoms with E-state index in [1.165, 1.54) is 11.0 Å². The van der Waals surface area contributed by atoms with Crippen LogP contribution >= 0.6 is 11.8 Å². The second-order valence-corrected chi connectivity index (χ2v) is 8.75. The Morgan fingerprint density at radius 1 is 1.17 bits per heavy atom. The van der Waals surface area contributed by atoms with Crippen LogP contribution in [-0.4, -0.2) is 49.3 Å². The van der Waals surface area contributed by atoms with Crippen molar-refractivity contribution >= 4 is 27.7 Å². The minimum absolute atomic E-state index is 0.00154. The van der Waals surface area contributed by atoms with Crippen LogP contribution in [-0.2, 0) is 21.4 Å². The molecule has 0 radical (unpaired) electrons. The largest absolute Gasteiger partial charge is 0.497 e. The van der Waals surface area contributed by atoms with Gasteiger partial charge in [0, 0.05) is 19.2 Å². The molecular formula is C19H20N4O5S2. The molecule has 1 amide bonds. The van der Waals surface area contributed by atoms with Gasteiger partial charge in [0.05, 0.1) is 17.8 Å². The zero-order valence-corrected chi connectivity index (χ0v) is 17.9. The fourth-order valence-electron chi connectivity index (χ4n) is 2.61. The van der Waals surface area contributed by atoms with E-state index in [9.17, 15) is 13.2 Å². The Labute approximate surface area is 178 Å². The fourth-order valence-corrected chi connectivity index (χ4v) is 4.08. The zero-order valence-electron chi connectivity index (χ0n) is 16.3. The Bertz CT molecular complexity index is 1130. The molecule has 2 aromatic carbocycles. The summed E-state index contributed by atoms with van der Waals surface area (Å²) in [6.07, 6.45) is 0. The molecule has 0 unspecified atom stereocenters. The second-order valence-electron chi connectivity index (χ2n) is 6.29. The molecular weight excluding hydrogens is 428 g/mol. The van der Waals surface area contributed by atoms with Crippen molar-refractivity contribution in [3.63, 3.8) is 0 Å². The Balaban J connectivity index is 1.60. The van der Waals surface area contributed by atoms with E-state index in [2.05, 4.69) is 10.2 Å². The number of aromatic nitrogens is 2. The van der Waals surface area contributed by atoms with Crippen LogP contribution in [0.15, 0.2) is 63.1 Å². The first-order valence-corrected chi connectivity index (χ1v) is 11.3. The van der Waals surface area contributed by atoms with E-state index in [0.29, 0.717) is 17.2 Å². The first-order valence-electron chi connectivity index (χ1n) is 8.73. The summed E-state index contributed by atoms with van der Waals surface area (Å²) in [7, 11) is -0.708. The molecule has 0 atom stereocenters. The molecule has 0 aliphatic rings. The van der Waals surface area contributed by atoms with E-state index in [0.717, 1.165) is 17.3 Å². The summed E-state index contributed by atoms with van der Waals surface area (Å²) in [5.41, 5.74) is 1.18. The number of ether oxygens (including phenoxy) is 1. The average Bonchev–Trinajstić information content (AvgIpc) is 3.20. The van der Waals surface area contributed by atoms with Gasteiger partial charge in [-0.05, 0) is 35.9 Å². The van der Waals surface area contributed by atoms with Gasteiger partial charge in [0.1, 0.15) is 5.75 Å². The van der Waals surface area contributed by atoms with Crippen LogP contribution in [0.1, 0.15) is 5.56 Å². The molecule has 1 heterocycles. The van der Waals surface area contributed by atoms with Crippen LogP contribution in [0.5, 0.6) is 5.75 Å². The van der Waals surface area contributed by atoms with Crippen molar-refractivity contribution in [3.8, 4) is 17.2 Å². The Kier molecular flexibility index (Phi) is 6.75. The molecule has 3 aromatic rings. The number of sulfonamides is 1. The summed E-state index contributed by atoms with van der Waals surface area (Å²) in [4.78, 5) is 13.9. The molecule has 3 rings (SSSR count). The number of benzene rings is 2. The standard InChI is InChI=1S/C19H20N4O5S2/c1-23(11-14-5-3-4-6-16(14)30(20,25)26)17(24)12-29-19-22-21-18(28-19)13-7-9-15(27-2)10-8-13/h3-10H,11-12H2,1-2H3,(H2,20,25,26). The van der Waals surface area contributed by atoms with Gasteiger partial charge in [-0.25, -0.2) is 13.6 Å². The molecule has 0 aliphatic heterocycles. The third-order valence-corrected chi connectivity index (χ3v) is 5.99. The lowest BCUT2D eigenvalue weighted by atomic mass is 10.2. The average molecular weight is 449 g/mol. The van der Waals surface area contributed by atoms with Gasteiger partial charge in [-0.1, -0.05) is 30.0 Å². The van der Waals surface area contributed by atoms with Gasteiger partial charge in [-0.3, -0.25) is 4.79 Å². The molecule has 158 valence electrons. The van der Waals surface area contributed by atoms with Crippen LogP contribution in [0.3, 0.4) is 0 Å². The van der Waals surface area contributed by atoms with Gasteiger partial charge in [0.25, 0.3) is 5.22 Å². The van der Waals surface area contributed by atoms with Crippen LogP contribution in [0.2, 0.25) is 0 Å². The molecule has 0 fully saturated rings. The highest BCUT2D eigenvalue weighted by molar-refractivity contribution is 7.99. The minimum atomic E-state index is -3.87. The number of amides is 1. The van der Waals surface area contributed by atoms with E-state index in [1.807, 2.05) is 0 Å². The number of carbonyl (C=O) groups excluding carboxylic acids is 1. The monoisotopic (exact) mass is 448 g/mol. The molecule has 0 spiro atoms.